The first kappa shape index (κ1) is 15.4. The van der Waals surface area contributed by atoms with Crippen LogP contribution in [0.15, 0.2) is 48.7 Å². The summed E-state index contributed by atoms with van der Waals surface area (Å²) in [6.45, 7) is 0. The quantitative estimate of drug-likeness (QED) is 0.747. The summed E-state index contributed by atoms with van der Waals surface area (Å²) in [5.74, 6) is 1.53. The van der Waals surface area contributed by atoms with Gasteiger partial charge in [0.2, 0.25) is 0 Å². The molecular formula is C19H18N4O2. The molecule has 0 unspecified atom stereocenters. The molecule has 0 aliphatic heterocycles. The van der Waals surface area contributed by atoms with Crippen molar-refractivity contribution in [2.45, 2.75) is 18.8 Å². The van der Waals surface area contributed by atoms with Gasteiger partial charge in [0, 0.05) is 17.3 Å². The topological polar surface area (TPSA) is 79.9 Å². The maximum absolute atomic E-state index is 12.5. The highest BCUT2D eigenvalue weighted by molar-refractivity contribution is 6.04. The number of nitrogens with one attached hydrogen (secondary N) is 2. The Labute approximate surface area is 145 Å². The molecule has 6 nitrogen and oxygen atoms in total. The van der Waals surface area contributed by atoms with Gasteiger partial charge < -0.3 is 10.1 Å². The normalized spacial score (nSPS) is 13.5. The molecule has 0 spiro atoms. The summed E-state index contributed by atoms with van der Waals surface area (Å²) < 4.78 is 5.12. The lowest BCUT2D eigenvalue weighted by atomic mass is 10.1. The second-order valence-corrected chi connectivity index (χ2v) is 6.03. The van der Waals surface area contributed by atoms with Crippen molar-refractivity contribution in [1.29, 1.82) is 0 Å². The maximum Gasteiger partial charge on any atom is 0.256 e. The number of carbonyl (C=O) groups is 1. The van der Waals surface area contributed by atoms with Crippen LogP contribution in [0.3, 0.4) is 0 Å². The second-order valence-electron chi connectivity index (χ2n) is 6.03. The van der Waals surface area contributed by atoms with Crippen molar-refractivity contribution in [3.63, 3.8) is 0 Å². The Morgan fingerprint density at radius 3 is 2.64 bits per heavy atom. The Morgan fingerprint density at radius 1 is 1.20 bits per heavy atom. The molecule has 1 aromatic carbocycles. The highest BCUT2D eigenvalue weighted by Gasteiger charge is 2.32. The predicted molar refractivity (Wildman–Crippen MR) is 94.7 cm³/mol. The summed E-state index contributed by atoms with van der Waals surface area (Å²) in [4.78, 5) is 16.9. The van der Waals surface area contributed by atoms with Gasteiger partial charge in [-0.05, 0) is 55.2 Å². The van der Waals surface area contributed by atoms with Crippen LogP contribution in [0, 0.1) is 0 Å². The standard InChI is InChI=1S/C19H18N4O2/c1-25-14-9-7-13(8-10-14)19(24)21-18-16(12-5-6-12)17(22-23-18)15-4-2-3-11-20-15/h2-4,7-12H,5-6H2,1H3,(H2,21,22,23,24). The lowest BCUT2D eigenvalue weighted by Gasteiger charge is -2.07. The number of hydrogen-bond donors (Lipinski definition) is 2. The van der Waals surface area contributed by atoms with Gasteiger partial charge in [-0.15, -0.1) is 0 Å². The minimum Gasteiger partial charge on any atom is -0.497 e. The number of ether oxygens (including phenoxy) is 1. The van der Waals surface area contributed by atoms with Crippen molar-refractivity contribution in [1.82, 2.24) is 15.2 Å². The Hall–Kier alpha value is -3.15. The minimum atomic E-state index is -0.191. The molecule has 2 N–H and O–H groups in total. The van der Waals surface area contributed by atoms with Crippen LogP contribution in [-0.2, 0) is 0 Å². The second kappa shape index (κ2) is 6.39. The zero-order chi connectivity index (χ0) is 17.2. The van der Waals surface area contributed by atoms with Crippen LogP contribution in [0.5, 0.6) is 5.75 Å². The molecule has 1 fully saturated rings. The highest BCUT2D eigenvalue weighted by atomic mass is 16.5. The number of H-pyrrole nitrogens is 1. The fourth-order valence-corrected chi connectivity index (χ4v) is 2.84. The molecule has 1 saturated carbocycles. The number of amides is 1. The predicted octanol–water partition coefficient (Wildman–Crippen LogP) is 3.61. The van der Waals surface area contributed by atoms with E-state index in [1.165, 1.54) is 0 Å². The Kier molecular flexibility index (Phi) is 3.93. The van der Waals surface area contributed by atoms with E-state index < -0.39 is 0 Å². The monoisotopic (exact) mass is 334 g/mol. The number of hydrogen-bond acceptors (Lipinski definition) is 4. The Morgan fingerprint density at radius 2 is 2.00 bits per heavy atom. The number of aromatic amines is 1. The van der Waals surface area contributed by atoms with Crippen molar-refractivity contribution in [3.8, 4) is 17.1 Å². The van der Waals surface area contributed by atoms with Crippen molar-refractivity contribution in [3.05, 3.63) is 59.8 Å². The van der Waals surface area contributed by atoms with Gasteiger partial charge in [0.25, 0.3) is 5.91 Å². The summed E-state index contributed by atoms with van der Waals surface area (Å²) in [5.41, 5.74) is 3.32. The number of benzene rings is 1. The fraction of sp³-hybridized carbons (Fsp3) is 0.211. The van der Waals surface area contributed by atoms with Crippen molar-refractivity contribution < 1.29 is 9.53 Å². The number of pyridine rings is 1. The first-order chi connectivity index (χ1) is 12.3. The molecular weight excluding hydrogens is 316 g/mol. The number of rotatable bonds is 5. The van der Waals surface area contributed by atoms with Gasteiger partial charge in [-0.3, -0.25) is 14.9 Å². The number of aromatic nitrogens is 3. The number of anilines is 1. The van der Waals surface area contributed by atoms with Gasteiger partial charge in [0.1, 0.15) is 5.75 Å². The summed E-state index contributed by atoms with van der Waals surface area (Å²) >= 11 is 0. The zero-order valence-corrected chi connectivity index (χ0v) is 13.8. The molecule has 1 aliphatic carbocycles. The highest BCUT2D eigenvalue weighted by Crippen LogP contribution is 2.46. The van der Waals surface area contributed by atoms with E-state index >= 15 is 0 Å². The average Bonchev–Trinajstić information content (AvgIpc) is 3.42. The molecule has 2 heterocycles. The van der Waals surface area contributed by atoms with E-state index in [2.05, 4.69) is 20.5 Å². The van der Waals surface area contributed by atoms with Gasteiger partial charge >= 0.3 is 0 Å². The van der Waals surface area contributed by atoms with Gasteiger partial charge in [-0.25, -0.2) is 0 Å². The fourth-order valence-electron chi connectivity index (χ4n) is 2.84. The smallest absolute Gasteiger partial charge is 0.256 e. The van der Waals surface area contributed by atoms with E-state index in [-0.39, 0.29) is 5.91 Å². The molecule has 0 radical (unpaired) electrons. The molecule has 0 bridgehead atoms. The van der Waals surface area contributed by atoms with Crippen LogP contribution in [0.4, 0.5) is 5.82 Å². The molecule has 2 aromatic heterocycles. The van der Waals surface area contributed by atoms with Crippen molar-refractivity contribution in [2.24, 2.45) is 0 Å². The minimum absolute atomic E-state index is 0.191. The average molecular weight is 334 g/mol. The van der Waals surface area contributed by atoms with E-state index in [0.717, 1.165) is 29.8 Å². The lowest BCUT2D eigenvalue weighted by Crippen LogP contribution is -2.13. The first-order valence-electron chi connectivity index (χ1n) is 8.21. The molecule has 1 aliphatic rings. The third-order valence-corrected chi connectivity index (χ3v) is 4.29. The number of nitrogens with zero attached hydrogens (tertiary/aromatic N) is 2. The van der Waals surface area contributed by atoms with E-state index in [0.29, 0.717) is 23.0 Å². The maximum atomic E-state index is 12.5. The Balaban J connectivity index is 1.62. The summed E-state index contributed by atoms with van der Waals surface area (Å²) in [5, 5.41) is 10.3. The summed E-state index contributed by atoms with van der Waals surface area (Å²) in [7, 11) is 1.60. The van der Waals surface area contributed by atoms with E-state index in [4.69, 9.17) is 4.74 Å². The molecule has 126 valence electrons. The molecule has 25 heavy (non-hydrogen) atoms. The van der Waals surface area contributed by atoms with Crippen LogP contribution in [-0.4, -0.2) is 28.2 Å². The number of carbonyl (C=O) groups excluding carboxylic acids is 1. The third-order valence-electron chi connectivity index (χ3n) is 4.29. The molecule has 3 aromatic rings. The molecule has 0 atom stereocenters. The van der Waals surface area contributed by atoms with Gasteiger partial charge in [-0.1, -0.05) is 6.07 Å². The van der Waals surface area contributed by atoms with Crippen LogP contribution in [0.1, 0.15) is 34.7 Å². The summed E-state index contributed by atoms with van der Waals surface area (Å²) in [6.07, 6.45) is 3.96. The molecule has 1 amide bonds. The largest absolute Gasteiger partial charge is 0.497 e. The van der Waals surface area contributed by atoms with Gasteiger partial charge in [0.15, 0.2) is 5.82 Å². The zero-order valence-electron chi connectivity index (χ0n) is 13.8. The van der Waals surface area contributed by atoms with Crippen molar-refractivity contribution >= 4 is 11.7 Å². The Bertz CT molecular complexity index is 884. The molecule has 4 rings (SSSR count). The van der Waals surface area contributed by atoms with E-state index in [1.54, 1.807) is 37.6 Å². The van der Waals surface area contributed by atoms with Gasteiger partial charge in [-0.2, -0.15) is 5.10 Å². The van der Waals surface area contributed by atoms with Crippen LogP contribution in [0.25, 0.3) is 11.4 Å². The van der Waals surface area contributed by atoms with Crippen LogP contribution in [0.2, 0.25) is 0 Å². The first-order valence-corrected chi connectivity index (χ1v) is 8.21. The van der Waals surface area contributed by atoms with E-state index in [1.807, 2.05) is 18.2 Å². The molecule has 0 saturated heterocycles. The lowest BCUT2D eigenvalue weighted by molar-refractivity contribution is 0.102. The number of methoxy groups -OCH3 is 1. The van der Waals surface area contributed by atoms with Crippen LogP contribution < -0.4 is 10.1 Å². The van der Waals surface area contributed by atoms with Gasteiger partial charge in [0.05, 0.1) is 18.5 Å². The van der Waals surface area contributed by atoms with Crippen molar-refractivity contribution in [2.75, 3.05) is 12.4 Å². The third kappa shape index (κ3) is 3.10. The summed E-state index contributed by atoms with van der Waals surface area (Å²) in [6, 6.07) is 12.8. The van der Waals surface area contributed by atoms with E-state index in [9.17, 15) is 4.79 Å². The molecule has 6 heteroatoms. The van der Waals surface area contributed by atoms with Crippen LogP contribution >= 0.6 is 0 Å². The SMILES string of the molecule is COc1ccc(C(=O)Nc2n[nH]c(-c3ccccn3)c2C2CC2)cc1.